The summed E-state index contributed by atoms with van der Waals surface area (Å²) < 4.78 is 10.5. The molecule has 1 aromatic carbocycles. The lowest BCUT2D eigenvalue weighted by Crippen LogP contribution is -2.68. The van der Waals surface area contributed by atoms with Gasteiger partial charge >= 0.3 is 5.97 Å². The van der Waals surface area contributed by atoms with Crippen LogP contribution in [0.4, 0.5) is 0 Å². The first-order valence-electron chi connectivity index (χ1n) is 7.93. The van der Waals surface area contributed by atoms with Gasteiger partial charge in [-0.05, 0) is 30.2 Å². The van der Waals surface area contributed by atoms with Gasteiger partial charge in [0, 0.05) is 5.75 Å². The second kappa shape index (κ2) is 8.62. The fourth-order valence-corrected chi connectivity index (χ4v) is 4.06. The minimum atomic E-state index is -0.554. The van der Waals surface area contributed by atoms with Crippen LogP contribution in [0.1, 0.15) is 12.5 Å². The molecule has 0 aromatic heterocycles. The highest BCUT2D eigenvalue weighted by atomic mass is 35.5. The summed E-state index contributed by atoms with van der Waals surface area (Å²) in [6.45, 7) is 2.00. The zero-order chi connectivity index (χ0) is 18.0. The molecule has 0 bridgehead atoms. The summed E-state index contributed by atoms with van der Waals surface area (Å²) in [4.78, 5) is 26.2. The first-order valence-corrected chi connectivity index (χ1v) is 8.98. The number of carbonyl (C=O) groups excluding carboxylic acids is 2. The van der Waals surface area contributed by atoms with E-state index >= 15 is 0 Å². The van der Waals surface area contributed by atoms with Crippen LogP contribution in [0.25, 0.3) is 0 Å². The van der Waals surface area contributed by atoms with Crippen molar-refractivity contribution in [3.8, 4) is 5.75 Å². The van der Waals surface area contributed by atoms with E-state index in [1.165, 1.54) is 4.90 Å². The molecule has 26 heavy (non-hydrogen) atoms. The van der Waals surface area contributed by atoms with Crippen molar-refractivity contribution in [2.75, 3.05) is 12.9 Å². The van der Waals surface area contributed by atoms with Gasteiger partial charge in [-0.15, -0.1) is 24.2 Å². The van der Waals surface area contributed by atoms with E-state index in [-0.39, 0.29) is 30.3 Å². The van der Waals surface area contributed by atoms with Crippen LogP contribution in [0, 0.1) is 0 Å². The highest BCUT2D eigenvalue weighted by molar-refractivity contribution is 8.00. The van der Waals surface area contributed by atoms with Crippen LogP contribution < -0.4 is 10.5 Å². The Hall–Kier alpha value is -1.96. The van der Waals surface area contributed by atoms with Crippen molar-refractivity contribution in [3.63, 3.8) is 0 Å². The third-order valence-corrected chi connectivity index (χ3v) is 5.45. The van der Waals surface area contributed by atoms with Crippen molar-refractivity contribution < 1.29 is 19.1 Å². The lowest BCUT2D eigenvalue weighted by Gasteiger charge is -2.48. The summed E-state index contributed by atoms with van der Waals surface area (Å²) in [7, 11) is 1.59. The highest BCUT2D eigenvalue weighted by Crippen LogP contribution is 2.40. The topological polar surface area (TPSA) is 81.9 Å². The molecule has 0 saturated carbocycles. The third kappa shape index (κ3) is 3.75. The first-order chi connectivity index (χ1) is 12.1. The number of allylic oxidation sites excluding steroid dienone is 2. The van der Waals surface area contributed by atoms with Crippen LogP contribution in [0.5, 0.6) is 5.75 Å². The predicted octanol–water partition coefficient (Wildman–Crippen LogP) is 2.23. The number of hydrogen-bond donors (Lipinski definition) is 1. The molecule has 1 amide bonds. The summed E-state index contributed by atoms with van der Waals surface area (Å²) >= 11 is 1.56. The van der Waals surface area contributed by atoms with Gasteiger partial charge in [0.15, 0.2) is 0 Å². The molecule has 140 valence electrons. The second-order valence-electron chi connectivity index (χ2n) is 5.73. The Bertz CT molecular complexity index is 748. The van der Waals surface area contributed by atoms with E-state index in [4.69, 9.17) is 15.2 Å². The maximum absolute atomic E-state index is 12.6. The van der Waals surface area contributed by atoms with Gasteiger partial charge in [-0.25, -0.2) is 4.79 Å². The van der Waals surface area contributed by atoms with E-state index in [2.05, 4.69) is 0 Å². The highest BCUT2D eigenvalue weighted by Gasteiger charge is 2.51. The van der Waals surface area contributed by atoms with E-state index < -0.39 is 12.0 Å². The Morgan fingerprint density at radius 3 is 2.69 bits per heavy atom. The lowest BCUT2D eigenvalue weighted by molar-refractivity contribution is -0.151. The number of nitrogens with two attached hydrogens (primary N) is 1. The van der Waals surface area contributed by atoms with Crippen LogP contribution >= 0.6 is 24.2 Å². The van der Waals surface area contributed by atoms with E-state index in [1.807, 2.05) is 31.2 Å². The molecular formula is C18H21ClN2O4S. The number of carbonyl (C=O) groups is 2. The number of hydrogen-bond acceptors (Lipinski definition) is 6. The van der Waals surface area contributed by atoms with Gasteiger partial charge < -0.3 is 15.2 Å². The smallest absolute Gasteiger partial charge is 0.355 e. The van der Waals surface area contributed by atoms with Gasteiger partial charge in [0.05, 0.1) is 7.11 Å². The van der Waals surface area contributed by atoms with Crippen LogP contribution in [0.15, 0.2) is 47.7 Å². The predicted molar refractivity (Wildman–Crippen MR) is 103 cm³/mol. The molecule has 1 saturated heterocycles. The van der Waals surface area contributed by atoms with Gasteiger partial charge in [0.25, 0.3) is 0 Å². The Balaban J connectivity index is 0.00000243. The van der Waals surface area contributed by atoms with Crippen molar-refractivity contribution in [2.24, 2.45) is 5.73 Å². The molecule has 1 fully saturated rings. The summed E-state index contributed by atoms with van der Waals surface area (Å²) in [5.41, 5.74) is 7.77. The average molecular weight is 397 g/mol. The molecule has 0 radical (unpaired) electrons. The summed E-state index contributed by atoms with van der Waals surface area (Å²) in [5.74, 6) is 0.616. The number of amides is 1. The lowest BCUT2D eigenvalue weighted by atomic mass is 10.0. The van der Waals surface area contributed by atoms with Crippen molar-refractivity contribution in [1.82, 2.24) is 4.90 Å². The van der Waals surface area contributed by atoms with E-state index in [9.17, 15) is 9.59 Å². The van der Waals surface area contributed by atoms with Gasteiger partial charge in [-0.2, -0.15) is 0 Å². The van der Waals surface area contributed by atoms with E-state index in [0.29, 0.717) is 11.4 Å². The normalized spacial score (nSPS) is 21.8. The average Bonchev–Trinajstić information content (AvgIpc) is 2.65. The van der Waals surface area contributed by atoms with E-state index in [1.54, 1.807) is 31.0 Å². The summed E-state index contributed by atoms with van der Waals surface area (Å²) in [5, 5.41) is -0.190. The monoisotopic (exact) mass is 396 g/mol. The zero-order valence-electron chi connectivity index (χ0n) is 14.5. The molecule has 6 nitrogen and oxygen atoms in total. The van der Waals surface area contributed by atoms with Crippen molar-refractivity contribution in [3.05, 3.63) is 53.3 Å². The van der Waals surface area contributed by atoms with Crippen LogP contribution in [0.3, 0.4) is 0 Å². The number of methoxy groups -OCH3 is 1. The van der Waals surface area contributed by atoms with Gasteiger partial charge in [0.2, 0.25) is 5.91 Å². The maximum Gasteiger partial charge on any atom is 0.355 e. The van der Waals surface area contributed by atoms with Gasteiger partial charge in [0.1, 0.15) is 29.5 Å². The number of nitrogens with zero attached hydrogens (tertiary/aromatic N) is 1. The molecule has 8 heteroatoms. The largest absolute Gasteiger partial charge is 0.497 e. The van der Waals surface area contributed by atoms with Crippen molar-refractivity contribution >= 4 is 36.0 Å². The SMILES string of the molecule is CC=CC1=C(C(=O)OCc2ccc(OC)cc2)N2C(=O)[C@@H](N)[C@@H]2SC1.Cl. The molecule has 0 spiro atoms. The number of fused-ring (bicyclic) bond motifs is 1. The molecule has 2 heterocycles. The molecule has 2 aliphatic heterocycles. The number of benzene rings is 1. The fraction of sp³-hybridized carbons (Fsp3) is 0.333. The van der Waals surface area contributed by atoms with Crippen LogP contribution in [0.2, 0.25) is 0 Å². The number of ether oxygens (including phenoxy) is 2. The molecule has 0 aliphatic carbocycles. The van der Waals surface area contributed by atoms with E-state index in [0.717, 1.165) is 16.9 Å². The Labute approximate surface area is 162 Å². The first kappa shape index (κ1) is 20.4. The Kier molecular flexibility index (Phi) is 6.75. The summed E-state index contributed by atoms with van der Waals surface area (Å²) in [6, 6.07) is 6.72. The third-order valence-electron chi connectivity index (χ3n) is 4.13. The summed E-state index contributed by atoms with van der Waals surface area (Å²) in [6.07, 6.45) is 3.68. The standard InChI is InChI=1S/C18H20N2O4S.ClH/c1-3-4-12-10-25-17-14(19)16(21)20(17)15(12)18(22)24-9-11-5-7-13(23-2)8-6-11;/h3-8,14,17H,9-10,19H2,1-2H3;1H/t14-,17+;/m1./s1. The quantitative estimate of drug-likeness (QED) is 0.607. The Morgan fingerprint density at radius 2 is 2.08 bits per heavy atom. The number of thioether (sulfide) groups is 1. The molecule has 1 aromatic rings. The van der Waals surface area contributed by atoms with Gasteiger partial charge in [-0.3, -0.25) is 9.69 Å². The fourth-order valence-electron chi connectivity index (χ4n) is 2.80. The van der Waals surface area contributed by atoms with Crippen LogP contribution in [-0.2, 0) is 20.9 Å². The number of rotatable bonds is 5. The van der Waals surface area contributed by atoms with Crippen LogP contribution in [-0.4, -0.2) is 41.1 Å². The molecule has 3 rings (SSSR count). The number of halogens is 1. The van der Waals surface area contributed by atoms with Gasteiger partial charge in [-0.1, -0.05) is 24.3 Å². The second-order valence-corrected chi connectivity index (χ2v) is 6.84. The zero-order valence-corrected chi connectivity index (χ0v) is 16.1. The maximum atomic E-state index is 12.6. The number of β-lactam (4-membered cyclic amide) rings is 1. The molecule has 0 unspecified atom stereocenters. The number of esters is 1. The molecule has 2 aliphatic rings. The van der Waals surface area contributed by atoms with Crippen molar-refractivity contribution in [1.29, 1.82) is 0 Å². The molecular weight excluding hydrogens is 376 g/mol. The van der Waals surface area contributed by atoms with Crippen molar-refractivity contribution in [2.45, 2.75) is 24.9 Å². The Morgan fingerprint density at radius 1 is 1.38 bits per heavy atom. The minimum absolute atomic E-state index is 0. The molecule has 2 N–H and O–H groups in total. The minimum Gasteiger partial charge on any atom is -0.497 e. The molecule has 2 atom stereocenters.